The smallest absolute Gasteiger partial charge is 0.425 e. The van der Waals surface area contributed by atoms with Crippen LogP contribution in [0, 0.1) is 6.92 Å². The number of carbonyl (C=O) groups is 1. The van der Waals surface area contributed by atoms with Crippen LogP contribution in [0.3, 0.4) is 0 Å². The number of halogens is 3. The minimum absolute atomic E-state index is 0.0463. The molecule has 2 aromatic rings. The van der Waals surface area contributed by atoms with Crippen LogP contribution in [0.25, 0.3) is 0 Å². The summed E-state index contributed by atoms with van der Waals surface area (Å²) in [5.41, 5.74) is -2.78. The van der Waals surface area contributed by atoms with E-state index in [9.17, 15) is 28.2 Å². The molecule has 1 atom stereocenters. The zero-order valence-corrected chi connectivity index (χ0v) is 12.9. The van der Waals surface area contributed by atoms with Crippen molar-refractivity contribution in [2.24, 2.45) is 7.05 Å². The molecule has 0 radical (unpaired) electrons. The van der Waals surface area contributed by atoms with E-state index in [-0.39, 0.29) is 11.4 Å². The van der Waals surface area contributed by atoms with E-state index in [2.05, 4.69) is 10.3 Å². The molecule has 1 aromatic heterocycles. The Morgan fingerprint density at radius 3 is 2.54 bits per heavy atom. The van der Waals surface area contributed by atoms with Gasteiger partial charge in [0.2, 0.25) is 11.5 Å². The van der Waals surface area contributed by atoms with E-state index < -0.39 is 29.9 Å². The number of aliphatic hydroxyl groups is 1. The van der Waals surface area contributed by atoms with E-state index in [0.717, 1.165) is 10.8 Å². The van der Waals surface area contributed by atoms with E-state index in [1.807, 2.05) is 0 Å². The van der Waals surface area contributed by atoms with Gasteiger partial charge < -0.3 is 20.1 Å². The number of benzene rings is 1. The number of rotatable bonds is 4. The number of aryl methyl sites for hydroxylation is 2. The fourth-order valence-corrected chi connectivity index (χ4v) is 2.24. The van der Waals surface area contributed by atoms with Gasteiger partial charge in [-0.1, -0.05) is 6.07 Å². The number of hydrogen-bond donors (Lipinski definition) is 3. The summed E-state index contributed by atoms with van der Waals surface area (Å²) in [4.78, 5) is 15.5. The Hall–Kier alpha value is -2.55. The Balaban J connectivity index is 2.27. The summed E-state index contributed by atoms with van der Waals surface area (Å²) in [7, 11) is 1.28. The molecule has 9 heteroatoms. The fraction of sp³-hybridized carbons (Fsp3) is 0.333. The molecule has 0 aliphatic heterocycles. The summed E-state index contributed by atoms with van der Waals surface area (Å²) >= 11 is 0. The van der Waals surface area contributed by atoms with Gasteiger partial charge >= 0.3 is 6.18 Å². The van der Waals surface area contributed by atoms with Crippen molar-refractivity contribution in [3.63, 3.8) is 0 Å². The van der Waals surface area contributed by atoms with Gasteiger partial charge in [0.05, 0.1) is 12.1 Å². The van der Waals surface area contributed by atoms with Crippen molar-refractivity contribution in [3.8, 4) is 5.75 Å². The third-order valence-corrected chi connectivity index (χ3v) is 3.50. The second-order valence-electron chi connectivity index (χ2n) is 5.47. The highest BCUT2D eigenvalue weighted by Gasteiger charge is 2.58. The third-order valence-electron chi connectivity index (χ3n) is 3.50. The lowest BCUT2D eigenvalue weighted by atomic mass is 9.97. The summed E-state index contributed by atoms with van der Waals surface area (Å²) < 4.78 is 41.0. The first-order valence-electron chi connectivity index (χ1n) is 6.91. The molecule has 0 bridgehead atoms. The Morgan fingerprint density at radius 1 is 1.38 bits per heavy atom. The standard InChI is InChI=1S/C15H16F3N3O3/c1-9-3-4-10(11(22)7-9)20-12(23)8-14(24,15(16,17)18)13-19-5-6-21(13)2/h3-7,22,24H,8H2,1-2H3,(H,20,23). The number of anilines is 1. The number of hydrogen-bond acceptors (Lipinski definition) is 4. The molecule has 6 nitrogen and oxygen atoms in total. The van der Waals surface area contributed by atoms with Crippen LogP contribution in [0.4, 0.5) is 18.9 Å². The molecule has 0 saturated carbocycles. The maximum absolute atomic E-state index is 13.3. The first-order chi connectivity index (χ1) is 11.0. The molecule has 3 N–H and O–H groups in total. The highest BCUT2D eigenvalue weighted by atomic mass is 19.4. The van der Waals surface area contributed by atoms with Gasteiger partial charge in [0.1, 0.15) is 5.75 Å². The predicted molar refractivity (Wildman–Crippen MR) is 79.3 cm³/mol. The normalized spacial score (nSPS) is 14.2. The van der Waals surface area contributed by atoms with Crippen molar-refractivity contribution in [3.05, 3.63) is 42.0 Å². The lowest BCUT2D eigenvalue weighted by Crippen LogP contribution is -2.46. The minimum Gasteiger partial charge on any atom is -0.506 e. The number of imidazole rings is 1. The van der Waals surface area contributed by atoms with Gasteiger partial charge in [-0.2, -0.15) is 13.2 Å². The minimum atomic E-state index is -5.11. The molecule has 0 aliphatic carbocycles. The Labute approximate surface area is 135 Å². The van der Waals surface area contributed by atoms with Gasteiger partial charge in [-0.3, -0.25) is 4.79 Å². The first-order valence-corrected chi connectivity index (χ1v) is 6.91. The lowest BCUT2D eigenvalue weighted by molar-refractivity contribution is -0.270. The second-order valence-corrected chi connectivity index (χ2v) is 5.47. The number of alkyl halides is 3. The van der Waals surface area contributed by atoms with Crippen LogP contribution in [-0.4, -0.2) is 31.8 Å². The number of nitrogens with zero attached hydrogens (tertiary/aromatic N) is 2. The molecule has 0 spiro atoms. The van der Waals surface area contributed by atoms with Gasteiger partial charge in [0.15, 0.2) is 5.82 Å². The maximum Gasteiger partial charge on any atom is 0.425 e. The molecular formula is C15H16F3N3O3. The Bertz CT molecular complexity index is 758. The molecule has 1 unspecified atom stereocenters. The molecule has 1 heterocycles. The fourth-order valence-electron chi connectivity index (χ4n) is 2.24. The number of amides is 1. The topological polar surface area (TPSA) is 87.4 Å². The van der Waals surface area contributed by atoms with Crippen molar-refractivity contribution in [1.29, 1.82) is 0 Å². The Kier molecular flexibility index (Phi) is 4.57. The van der Waals surface area contributed by atoms with Crippen molar-refractivity contribution < 1.29 is 28.2 Å². The molecule has 24 heavy (non-hydrogen) atoms. The molecule has 0 saturated heterocycles. The number of phenols is 1. The third kappa shape index (κ3) is 3.35. The van der Waals surface area contributed by atoms with Gasteiger partial charge in [0.25, 0.3) is 0 Å². The van der Waals surface area contributed by atoms with Gasteiger partial charge in [-0.25, -0.2) is 4.98 Å². The molecule has 1 aromatic carbocycles. The van der Waals surface area contributed by atoms with E-state index in [1.165, 1.54) is 25.4 Å². The van der Waals surface area contributed by atoms with Crippen molar-refractivity contribution in [2.45, 2.75) is 25.1 Å². The van der Waals surface area contributed by atoms with Crippen LogP contribution in [0.2, 0.25) is 0 Å². The summed E-state index contributed by atoms with van der Waals surface area (Å²) in [6, 6.07) is 4.28. The summed E-state index contributed by atoms with van der Waals surface area (Å²) in [5, 5.41) is 22.0. The van der Waals surface area contributed by atoms with Crippen LogP contribution in [0.15, 0.2) is 30.6 Å². The van der Waals surface area contributed by atoms with E-state index in [4.69, 9.17) is 0 Å². The van der Waals surface area contributed by atoms with E-state index in [0.29, 0.717) is 5.56 Å². The van der Waals surface area contributed by atoms with E-state index >= 15 is 0 Å². The molecule has 1 amide bonds. The number of aromatic nitrogens is 2. The average Bonchev–Trinajstić information content (AvgIpc) is 2.87. The molecule has 0 fully saturated rings. The quantitative estimate of drug-likeness (QED) is 0.743. The largest absolute Gasteiger partial charge is 0.506 e. The number of phenolic OH excluding ortho intramolecular Hbond substituents is 1. The monoisotopic (exact) mass is 343 g/mol. The van der Waals surface area contributed by atoms with Crippen LogP contribution in [-0.2, 0) is 17.4 Å². The molecular weight excluding hydrogens is 327 g/mol. The van der Waals surface area contributed by atoms with Crippen LogP contribution in [0.1, 0.15) is 17.8 Å². The molecule has 2 rings (SSSR count). The molecule has 0 aliphatic rings. The average molecular weight is 343 g/mol. The second kappa shape index (κ2) is 6.16. The van der Waals surface area contributed by atoms with Crippen LogP contribution in [0.5, 0.6) is 5.75 Å². The zero-order valence-electron chi connectivity index (χ0n) is 12.9. The first kappa shape index (κ1) is 17.8. The van der Waals surface area contributed by atoms with Gasteiger partial charge in [-0.05, 0) is 24.6 Å². The van der Waals surface area contributed by atoms with E-state index in [1.54, 1.807) is 13.0 Å². The Morgan fingerprint density at radius 2 is 2.04 bits per heavy atom. The van der Waals surface area contributed by atoms with Crippen LogP contribution >= 0.6 is 0 Å². The number of carbonyl (C=O) groups excluding carboxylic acids is 1. The molecule has 130 valence electrons. The highest BCUT2D eigenvalue weighted by molar-refractivity contribution is 5.93. The maximum atomic E-state index is 13.3. The highest BCUT2D eigenvalue weighted by Crippen LogP contribution is 2.41. The van der Waals surface area contributed by atoms with Gasteiger partial charge in [-0.15, -0.1) is 0 Å². The summed E-state index contributed by atoms with van der Waals surface area (Å²) in [6.45, 7) is 1.70. The SMILES string of the molecule is Cc1ccc(NC(=O)CC(O)(c2nccn2C)C(F)(F)F)c(O)c1. The summed E-state index contributed by atoms with van der Waals surface area (Å²) in [6.07, 6.45) is -4.08. The van der Waals surface area contributed by atoms with Gasteiger partial charge in [0, 0.05) is 19.4 Å². The van der Waals surface area contributed by atoms with Crippen molar-refractivity contribution in [1.82, 2.24) is 9.55 Å². The number of aromatic hydroxyl groups is 1. The number of nitrogens with one attached hydrogen (secondary N) is 1. The van der Waals surface area contributed by atoms with Crippen LogP contribution < -0.4 is 5.32 Å². The van der Waals surface area contributed by atoms with Crippen molar-refractivity contribution >= 4 is 11.6 Å². The summed E-state index contributed by atoms with van der Waals surface area (Å²) in [5.74, 6) is -2.09. The zero-order chi connectivity index (χ0) is 18.1. The lowest BCUT2D eigenvalue weighted by Gasteiger charge is -2.29. The van der Waals surface area contributed by atoms with Crippen molar-refractivity contribution in [2.75, 3.05) is 5.32 Å². The predicted octanol–water partition coefficient (Wildman–Crippen LogP) is 2.21.